The normalized spacial score (nSPS) is 10.3. The molecule has 3 N–H and O–H groups in total. The van der Waals surface area contributed by atoms with Gasteiger partial charge in [0.2, 0.25) is 0 Å². The summed E-state index contributed by atoms with van der Waals surface area (Å²) in [6.07, 6.45) is 1.61. The zero-order chi connectivity index (χ0) is 13.1. The van der Waals surface area contributed by atoms with Crippen LogP contribution in [0.25, 0.3) is 0 Å². The fourth-order valence-electron chi connectivity index (χ4n) is 1.52. The Hall–Kier alpha value is -1.88. The molecule has 94 valence electrons. The van der Waals surface area contributed by atoms with Crippen molar-refractivity contribution in [2.75, 3.05) is 0 Å². The van der Waals surface area contributed by atoms with Crippen LogP contribution in [0.5, 0.6) is 5.75 Å². The number of thiazole rings is 1. The van der Waals surface area contributed by atoms with Crippen molar-refractivity contribution in [1.29, 1.82) is 5.41 Å². The lowest BCUT2D eigenvalue weighted by atomic mass is 10.1. The molecular formula is C13H15N3OS. The standard InChI is InChI=1S/C13H15N3OS/c1-8-4-3-5-10(9(8)2)17-7-12-16-6-11(18-12)13(14)15/h3-6H,7H2,1-2H3,(H3,14,15). The second kappa shape index (κ2) is 5.18. The van der Waals surface area contributed by atoms with Crippen molar-refractivity contribution in [2.24, 2.45) is 5.73 Å². The number of nitrogens with two attached hydrogens (primary N) is 1. The van der Waals surface area contributed by atoms with Crippen LogP contribution >= 0.6 is 11.3 Å². The molecule has 5 heteroatoms. The molecule has 0 saturated carbocycles. The zero-order valence-corrected chi connectivity index (χ0v) is 11.2. The van der Waals surface area contributed by atoms with Gasteiger partial charge in [-0.15, -0.1) is 11.3 Å². The lowest BCUT2D eigenvalue weighted by molar-refractivity contribution is 0.303. The number of amidine groups is 1. The van der Waals surface area contributed by atoms with Crippen LogP contribution in [-0.4, -0.2) is 10.8 Å². The van der Waals surface area contributed by atoms with Gasteiger partial charge >= 0.3 is 0 Å². The van der Waals surface area contributed by atoms with Crippen molar-refractivity contribution < 1.29 is 4.74 Å². The number of ether oxygens (including phenoxy) is 1. The second-order valence-electron chi connectivity index (χ2n) is 4.02. The van der Waals surface area contributed by atoms with Gasteiger partial charge in [0.25, 0.3) is 0 Å². The highest BCUT2D eigenvalue weighted by Crippen LogP contribution is 2.22. The Morgan fingerprint density at radius 2 is 2.22 bits per heavy atom. The van der Waals surface area contributed by atoms with E-state index in [-0.39, 0.29) is 5.84 Å². The van der Waals surface area contributed by atoms with Gasteiger partial charge in [0.05, 0.1) is 4.88 Å². The maximum absolute atomic E-state index is 7.31. The van der Waals surface area contributed by atoms with E-state index >= 15 is 0 Å². The van der Waals surface area contributed by atoms with Crippen LogP contribution in [0.3, 0.4) is 0 Å². The summed E-state index contributed by atoms with van der Waals surface area (Å²) in [4.78, 5) is 4.85. The molecule has 1 heterocycles. The first-order chi connectivity index (χ1) is 8.58. The van der Waals surface area contributed by atoms with Crippen molar-refractivity contribution in [3.63, 3.8) is 0 Å². The minimum absolute atomic E-state index is 0.0467. The van der Waals surface area contributed by atoms with Gasteiger partial charge in [0, 0.05) is 6.20 Å². The minimum Gasteiger partial charge on any atom is -0.486 e. The van der Waals surface area contributed by atoms with E-state index < -0.39 is 0 Å². The summed E-state index contributed by atoms with van der Waals surface area (Å²) in [6, 6.07) is 5.97. The maximum Gasteiger partial charge on any atom is 0.140 e. The van der Waals surface area contributed by atoms with Crippen molar-refractivity contribution in [1.82, 2.24) is 4.98 Å². The Morgan fingerprint density at radius 3 is 2.89 bits per heavy atom. The summed E-state index contributed by atoms with van der Waals surface area (Å²) in [7, 11) is 0. The molecule has 1 aromatic carbocycles. The quantitative estimate of drug-likeness (QED) is 0.656. The smallest absolute Gasteiger partial charge is 0.140 e. The van der Waals surface area contributed by atoms with E-state index in [1.807, 2.05) is 19.1 Å². The Morgan fingerprint density at radius 1 is 1.44 bits per heavy atom. The van der Waals surface area contributed by atoms with Crippen molar-refractivity contribution in [3.05, 3.63) is 45.4 Å². The lowest BCUT2D eigenvalue weighted by Crippen LogP contribution is -2.08. The van der Waals surface area contributed by atoms with Crippen LogP contribution in [0.4, 0.5) is 0 Å². The summed E-state index contributed by atoms with van der Waals surface area (Å²) in [5.41, 5.74) is 7.74. The van der Waals surface area contributed by atoms with E-state index in [4.69, 9.17) is 15.9 Å². The number of aromatic nitrogens is 1. The summed E-state index contributed by atoms with van der Waals surface area (Å²) in [5, 5.41) is 8.14. The minimum atomic E-state index is 0.0467. The number of aryl methyl sites for hydroxylation is 1. The molecule has 0 amide bonds. The molecule has 0 spiro atoms. The van der Waals surface area contributed by atoms with Crippen molar-refractivity contribution >= 4 is 17.2 Å². The van der Waals surface area contributed by atoms with Crippen molar-refractivity contribution in [2.45, 2.75) is 20.5 Å². The number of nitrogens with one attached hydrogen (secondary N) is 1. The molecule has 0 atom stereocenters. The van der Waals surface area contributed by atoms with Gasteiger partial charge in [-0.05, 0) is 31.0 Å². The van der Waals surface area contributed by atoms with Gasteiger partial charge in [-0.3, -0.25) is 5.41 Å². The van der Waals surface area contributed by atoms with Gasteiger partial charge in [-0.1, -0.05) is 12.1 Å². The molecule has 0 aliphatic heterocycles. The number of hydrogen-bond acceptors (Lipinski definition) is 4. The molecule has 0 bridgehead atoms. The fourth-order valence-corrected chi connectivity index (χ4v) is 2.21. The first kappa shape index (κ1) is 12.6. The van der Waals surface area contributed by atoms with Crippen LogP contribution in [0.2, 0.25) is 0 Å². The van der Waals surface area contributed by atoms with Crippen LogP contribution in [0, 0.1) is 19.3 Å². The summed E-state index contributed by atoms with van der Waals surface area (Å²) >= 11 is 1.38. The largest absolute Gasteiger partial charge is 0.486 e. The highest BCUT2D eigenvalue weighted by molar-refractivity contribution is 7.13. The van der Waals surface area contributed by atoms with Gasteiger partial charge in [0.1, 0.15) is 23.2 Å². The van der Waals surface area contributed by atoms with Gasteiger partial charge in [0.15, 0.2) is 0 Å². The third-order valence-electron chi connectivity index (χ3n) is 2.73. The number of benzene rings is 1. The molecular weight excluding hydrogens is 246 g/mol. The molecule has 18 heavy (non-hydrogen) atoms. The third kappa shape index (κ3) is 2.68. The fraction of sp³-hybridized carbons (Fsp3) is 0.231. The third-order valence-corrected chi connectivity index (χ3v) is 3.73. The molecule has 2 aromatic rings. The first-order valence-corrected chi connectivity index (χ1v) is 6.37. The SMILES string of the molecule is Cc1cccc(OCc2ncc(C(=N)N)s2)c1C. The Kier molecular flexibility index (Phi) is 3.62. The highest BCUT2D eigenvalue weighted by atomic mass is 32.1. The van der Waals surface area contributed by atoms with Gasteiger partial charge in [-0.25, -0.2) is 4.98 Å². The van der Waals surface area contributed by atoms with Crippen LogP contribution in [0.1, 0.15) is 21.0 Å². The highest BCUT2D eigenvalue weighted by Gasteiger charge is 2.06. The zero-order valence-electron chi connectivity index (χ0n) is 10.4. The predicted molar refractivity (Wildman–Crippen MR) is 73.4 cm³/mol. The second-order valence-corrected chi connectivity index (χ2v) is 5.13. The topological polar surface area (TPSA) is 72.0 Å². The lowest BCUT2D eigenvalue weighted by Gasteiger charge is -2.09. The van der Waals surface area contributed by atoms with E-state index in [1.165, 1.54) is 16.9 Å². The van der Waals surface area contributed by atoms with E-state index in [1.54, 1.807) is 6.20 Å². The molecule has 4 nitrogen and oxygen atoms in total. The first-order valence-electron chi connectivity index (χ1n) is 5.56. The Balaban J connectivity index is 2.07. The van der Waals surface area contributed by atoms with E-state index in [2.05, 4.69) is 18.0 Å². The molecule has 0 aliphatic rings. The average Bonchev–Trinajstić information content (AvgIpc) is 2.80. The Labute approximate surface area is 110 Å². The summed E-state index contributed by atoms with van der Waals surface area (Å²) < 4.78 is 5.73. The molecule has 0 saturated heterocycles. The van der Waals surface area contributed by atoms with Gasteiger partial charge < -0.3 is 10.5 Å². The summed E-state index contributed by atoms with van der Waals surface area (Å²) in [5.74, 6) is 0.917. The van der Waals surface area contributed by atoms with Crippen LogP contribution < -0.4 is 10.5 Å². The average molecular weight is 261 g/mol. The van der Waals surface area contributed by atoms with E-state index in [9.17, 15) is 0 Å². The summed E-state index contributed by atoms with van der Waals surface area (Å²) in [6.45, 7) is 4.50. The van der Waals surface area contributed by atoms with Crippen LogP contribution in [-0.2, 0) is 6.61 Å². The van der Waals surface area contributed by atoms with E-state index in [0.29, 0.717) is 11.5 Å². The number of rotatable bonds is 4. The number of hydrogen-bond donors (Lipinski definition) is 2. The number of nitrogen functional groups attached to an aromatic ring is 1. The van der Waals surface area contributed by atoms with E-state index in [0.717, 1.165) is 16.3 Å². The maximum atomic E-state index is 7.31. The Bertz CT molecular complexity index is 577. The molecule has 0 fully saturated rings. The molecule has 0 unspecified atom stereocenters. The predicted octanol–water partition coefficient (Wildman–Crippen LogP) is 2.62. The molecule has 2 rings (SSSR count). The molecule has 0 radical (unpaired) electrons. The van der Waals surface area contributed by atoms with Crippen LogP contribution in [0.15, 0.2) is 24.4 Å². The molecule has 0 aliphatic carbocycles. The van der Waals surface area contributed by atoms with Crippen molar-refractivity contribution in [3.8, 4) is 5.75 Å². The van der Waals surface area contributed by atoms with Gasteiger partial charge in [-0.2, -0.15) is 0 Å². The number of nitrogens with zero attached hydrogens (tertiary/aromatic N) is 1. The monoisotopic (exact) mass is 261 g/mol. The molecule has 1 aromatic heterocycles.